The van der Waals surface area contributed by atoms with Gasteiger partial charge in [-0.05, 0) is 43.2 Å². The topological polar surface area (TPSA) is 67.7 Å². The predicted molar refractivity (Wildman–Crippen MR) is 105 cm³/mol. The van der Waals surface area contributed by atoms with Crippen molar-refractivity contribution in [2.24, 2.45) is 5.92 Å². The summed E-state index contributed by atoms with van der Waals surface area (Å²) < 4.78 is 44.6. The molecule has 0 aliphatic carbocycles. The van der Waals surface area contributed by atoms with E-state index in [0.29, 0.717) is 63.5 Å². The van der Waals surface area contributed by atoms with Crippen LogP contribution in [0.4, 0.5) is 13.2 Å². The van der Waals surface area contributed by atoms with Crippen LogP contribution in [0.25, 0.3) is 5.69 Å². The van der Waals surface area contributed by atoms with E-state index in [1.165, 1.54) is 6.20 Å². The van der Waals surface area contributed by atoms with Gasteiger partial charge in [0.25, 0.3) is 5.91 Å². The Morgan fingerprint density at radius 3 is 2.16 bits per heavy atom. The molecule has 0 spiro atoms. The molecule has 0 unspecified atom stereocenters. The number of nitrogens with zero attached hydrogens (tertiary/aromatic N) is 4. The summed E-state index contributed by atoms with van der Waals surface area (Å²) in [6.07, 6.45) is -2.03. The number of carbonyl (C=O) groups excluding carboxylic acids is 2. The number of aromatic nitrogens is 2. The lowest BCUT2D eigenvalue weighted by Gasteiger charge is -2.35. The minimum atomic E-state index is -4.50. The van der Waals surface area contributed by atoms with E-state index in [-0.39, 0.29) is 17.7 Å². The number of alkyl halides is 3. The smallest absolute Gasteiger partial charge is 0.378 e. The molecule has 31 heavy (non-hydrogen) atoms. The summed E-state index contributed by atoms with van der Waals surface area (Å²) in [5.74, 6) is -0.0929. The minimum absolute atomic E-state index is 0.0767. The van der Waals surface area contributed by atoms with Gasteiger partial charge in [-0.2, -0.15) is 18.3 Å². The Morgan fingerprint density at radius 1 is 0.935 bits per heavy atom. The molecule has 1 aromatic heterocycles. The minimum Gasteiger partial charge on any atom is -0.378 e. The van der Waals surface area contributed by atoms with Crippen LogP contribution in [0, 0.1) is 5.92 Å². The van der Waals surface area contributed by atoms with E-state index in [1.54, 1.807) is 29.2 Å². The van der Waals surface area contributed by atoms with E-state index < -0.39 is 11.9 Å². The lowest BCUT2D eigenvalue weighted by Crippen LogP contribution is -2.47. The molecule has 4 rings (SSSR count). The van der Waals surface area contributed by atoms with Gasteiger partial charge in [-0.25, -0.2) is 4.68 Å². The lowest BCUT2D eigenvalue weighted by molar-refractivity contribution is -0.141. The summed E-state index contributed by atoms with van der Waals surface area (Å²) >= 11 is 0. The van der Waals surface area contributed by atoms with Gasteiger partial charge in [-0.15, -0.1) is 0 Å². The summed E-state index contributed by atoms with van der Waals surface area (Å²) in [6, 6.07) is 7.20. The molecule has 0 atom stereocenters. The zero-order valence-corrected chi connectivity index (χ0v) is 16.8. The van der Waals surface area contributed by atoms with Crippen LogP contribution in [0.2, 0.25) is 0 Å². The Bertz CT molecular complexity index is 928. The SMILES string of the molecule is O=C(c1ccc(-n2ccc(C(F)(F)F)n2)cc1)N1CCC(C(=O)N2CCOCC2)CC1. The Balaban J connectivity index is 1.35. The molecular formula is C21H23F3N4O3. The van der Waals surface area contributed by atoms with Crippen molar-refractivity contribution in [3.05, 3.63) is 47.8 Å². The quantitative estimate of drug-likeness (QED) is 0.742. The Hall–Kier alpha value is -2.88. The molecule has 7 nitrogen and oxygen atoms in total. The fraction of sp³-hybridized carbons (Fsp3) is 0.476. The largest absolute Gasteiger partial charge is 0.435 e. The van der Waals surface area contributed by atoms with Crippen molar-refractivity contribution >= 4 is 11.8 Å². The standard InChI is InChI=1S/C21H23F3N4O3/c22-21(23,24)18-7-10-28(25-18)17-3-1-15(2-4-17)19(29)26-8-5-16(6-9-26)20(30)27-11-13-31-14-12-27/h1-4,7,10,16H,5-6,8-9,11-14H2. The molecule has 0 bridgehead atoms. The first-order valence-electron chi connectivity index (χ1n) is 10.2. The van der Waals surface area contributed by atoms with Gasteiger partial charge in [0.05, 0.1) is 18.9 Å². The van der Waals surface area contributed by atoms with E-state index in [1.807, 2.05) is 4.90 Å². The molecule has 2 saturated heterocycles. The maximum Gasteiger partial charge on any atom is 0.435 e. The normalized spacial score (nSPS) is 18.3. The third kappa shape index (κ3) is 4.73. The van der Waals surface area contributed by atoms with E-state index in [4.69, 9.17) is 4.74 Å². The number of halogens is 3. The average molecular weight is 436 g/mol. The van der Waals surface area contributed by atoms with Crippen molar-refractivity contribution in [3.63, 3.8) is 0 Å². The molecule has 1 aromatic carbocycles. The first-order chi connectivity index (χ1) is 14.8. The molecule has 0 radical (unpaired) electrons. The number of rotatable bonds is 3. The van der Waals surface area contributed by atoms with Gasteiger partial charge in [0.1, 0.15) is 0 Å². The molecule has 2 amide bonds. The highest BCUT2D eigenvalue weighted by molar-refractivity contribution is 5.94. The average Bonchev–Trinajstić information content (AvgIpc) is 3.30. The molecular weight excluding hydrogens is 413 g/mol. The Kier molecular flexibility index (Phi) is 5.99. The van der Waals surface area contributed by atoms with Crippen molar-refractivity contribution in [2.45, 2.75) is 19.0 Å². The monoisotopic (exact) mass is 436 g/mol. The molecule has 0 N–H and O–H groups in total. The maximum atomic E-state index is 12.8. The van der Waals surface area contributed by atoms with Crippen LogP contribution < -0.4 is 0 Å². The van der Waals surface area contributed by atoms with Crippen molar-refractivity contribution in [2.75, 3.05) is 39.4 Å². The molecule has 2 aliphatic heterocycles. The molecule has 3 heterocycles. The van der Waals surface area contributed by atoms with Gasteiger partial charge in [0.2, 0.25) is 5.91 Å². The van der Waals surface area contributed by atoms with Gasteiger partial charge in [0, 0.05) is 43.9 Å². The number of piperidine rings is 1. The fourth-order valence-corrected chi connectivity index (χ4v) is 3.93. The van der Waals surface area contributed by atoms with E-state index in [9.17, 15) is 22.8 Å². The number of ether oxygens (including phenoxy) is 1. The van der Waals surface area contributed by atoms with Crippen LogP contribution in [-0.4, -0.2) is 70.8 Å². The van der Waals surface area contributed by atoms with Crippen LogP contribution in [0.5, 0.6) is 0 Å². The van der Waals surface area contributed by atoms with Gasteiger partial charge in [-0.1, -0.05) is 0 Å². The van der Waals surface area contributed by atoms with Crippen molar-refractivity contribution in [1.29, 1.82) is 0 Å². The van der Waals surface area contributed by atoms with Crippen molar-refractivity contribution in [3.8, 4) is 5.69 Å². The number of hydrogen-bond acceptors (Lipinski definition) is 4. The molecule has 2 aliphatic rings. The highest BCUT2D eigenvalue weighted by atomic mass is 19.4. The number of morpholine rings is 1. The zero-order chi connectivity index (χ0) is 22.0. The van der Waals surface area contributed by atoms with E-state index >= 15 is 0 Å². The van der Waals surface area contributed by atoms with Gasteiger partial charge in [0.15, 0.2) is 5.69 Å². The first kappa shape index (κ1) is 21.4. The maximum absolute atomic E-state index is 12.8. The molecule has 0 saturated carbocycles. The van der Waals surface area contributed by atoms with E-state index in [2.05, 4.69) is 5.10 Å². The first-order valence-corrected chi connectivity index (χ1v) is 10.2. The second-order valence-corrected chi connectivity index (χ2v) is 7.69. The third-order valence-electron chi connectivity index (χ3n) is 5.71. The van der Waals surface area contributed by atoms with Crippen LogP contribution in [0.15, 0.2) is 36.5 Å². The molecule has 10 heteroatoms. The molecule has 2 aromatic rings. The van der Waals surface area contributed by atoms with Crippen LogP contribution in [0.3, 0.4) is 0 Å². The van der Waals surface area contributed by atoms with Gasteiger partial charge in [-0.3, -0.25) is 9.59 Å². The van der Waals surface area contributed by atoms with Crippen LogP contribution in [0.1, 0.15) is 28.9 Å². The number of amides is 2. The number of benzene rings is 1. The Labute approximate surface area is 177 Å². The van der Waals surface area contributed by atoms with Crippen LogP contribution >= 0.6 is 0 Å². The summed E-state index contributed by atoms with van der Waals surface area (Å²) in [4.78, 5) is 29.0. The Morgan fingerprint density at radius 2 is 1.58 bits per heavy atom. The lowest BCUT2D eigenvalue weighted by atomic mass is 9.94. The molecule has 166 valence electrons. The second kappa shape index (κ2) is 8.70. The van der Waals surface area contributed by atoms with Crippen molar-refractivity contribution in [1.82, 2.24) is 19.6 Å². The molecule has 2 fully saturated rings. The van der Waals surface area contributed by atoms with Gasteiger partial charge >= 0.3 is 6.18 Å². The summed E-state index contributed by atoms with van der Waals surface area (Å²) in [5, 5.41) is 3.53. The summed E-state index contributed by atoms with van der Waals surface area (Å²) in [7, 11) is 0. The third-order valence-corrected chi connectivity index (χ3v) is 5.71. The predicted octanol–water partition coefficient (Wildman–Crippen LogP) is 2.60. The number of carbonyl (C=O) groups is 2. The highest BCUT2D eigenvalue weighted by Gasteiger charge is 2.34. The van der Waals surface area contributed by atoms with Gasteiger partial charge < -0.3 is 14.5 Å². The van der Waals surface area contributed by atoms with Crippen molar-refractivity contribution < 1.29 is 27.5 Å². The number of hydrogen-bond donors (Lipinski definition) is 0. The second-order valence-electron chi connectivity index (χ2n) is 7.69. The highest BCUT2D eigenvalue weighted by Crippen LogP contribution is 2.28. The van der Waals surface area contributed by atoms with Crippen LogP contribution in [-0.2, 0) is 15.7 Å². The van der Waals surface area contributed by atoms with E-state index in [0.717, 1.165) is 10.7 Å². The summed E-state index contributed by atoms with van der Waals surface area (Å²) in [5.41, 5.74) is -0.0890. The number of likely N-dealkylation sites (tertiary alicyclic amines) is 1. The fourth-order valence-electron chi connectivity index (χ4n) is 3.93. The summed E-state index contributed by atoms with van der Waals surface area (Å²) in [6.45, 7) is 3.35. The zero-order valence-electron chi connectivity index (χ0n) is 16.8.